The van der Waals surface area contributed by atoms with E-state index in [9.17, 15) is 9.59 Å². The van der Waals surface area contributed by atoms with Gasteiger partial charge in [0.15, 0.2) is 0 Å². The Morgan fingerprint density at radius 1 is 1.32 bits per heavy atom. The van der Waals surface area contributed by atoms with Gasteiger partial charge in [0.25, 0.3) is 5.91 Å². The van der Waals surface area contributed by atoms with Crippen molar-refractivity contribution in [2.45, 2.75) is 32.6 Å². The summed E-state index contributed by atoms with van der Waals surface area (Å²) in [6.45, 7) is 2.77. The molecule has 1 fully saturated rings. The van der Waals surface area contributed by atoms with Gasteiger partial charge < -0.3 is 4.74 Å². The fourth-order valence-electron chi connectivity index (χ4n) is 2.38. The van der Waals surface area contributed by atoms with E-state index in [1.54, 1.807) is 24.0 Å². The summed E-state index contributed by atoms with van der Waals surface area (Å²) in [5.41, 5.74) is 0.805. The van der Waals surface area contributed by atoms with E-state index in [1.165, 1.54) is 11.8 Å². The lowest BCUT2D eigenvalue weighted by Gasteiger charge is -2.13. The van der Waals surface area contributed by atoms with E-state index in [-0.39, 0.29) is 11.9 Å². The molecule has 1 aliphatic rings. The third kappa shape index (κ3) is 5.83. The van der Waals surface area contributed by atoms with Crippen LogP contribution in [0.2, 0.25) is 5.02 Å². The molecule has 0 aliphatic carbocycles. The first-order valence-corrected chi connectivity index (χ1v) is 9.78. The van der Waals surface area contributed by atoms with E-state index < -0.39 is 0 Å². The van der Waals surface area contributed by atoms with Crippen LogP contribution in [0.5, 0.6) is 0 Å². The zero-order valence-corrected chi connectivity index (χ0v) is 16.4. The average Bonchev–Trinajstić information content (AvgIpc) is 2.84. The minimum atomic E-state index is -0.171. The highest BCUT2D eigenvalue weighted by molar-refractivity contribution is 8.26. The summed E-state index contributed by atoms with van der Waals surface area (Å²) >= 11 is 12.8. The van der Waals surface area contributed by atoms with Gasteiger partial charge in [-0.2, -0.15) is 0 Å². The van der Waals surface area contributed by atoms with E-state index >= 15 is 0 Å². The van der Waals surface area contributed by atoms with Crippen LogP contribution < -0.4 is 0 Å². The number of rotatable bonds is 8. The number of hydrogen-bond donors (Lipinski definition) is 0. The molecule has 0 bridgehead atoms. The summed E-state index contributed by atoms with van der Waals surface area (Å²) < 4.78 is 5.45. The molecule has 25 heavy (non-hydrogen) atoms. The minimum absolute atomic E-state index is 0.0830. The van der Waals surface area contributed by atoms with E-state index in [0.29, 0.717) is 33.8 Å². The van der Waals surface area contributed by atoms with Crippen molar-refractivity contribution in [3.8, 4) is 0 Å². The summed E-state index contributed by atoms with van der Waals surface area (Å²) in [6, 6.07) is 7.38. The van der Waals surface area contributed by atoms with Crippen LogP contribution in [-0.4, -0.2) is 34.2 Å². The lowest BCUT2D eigenvalue weighted by atomic mass is 10.2. The highest BCUT2D eigenvalue weighted by Crippen LogP contribution is 2.33. The van der Waals surface area contributed by atoms with Gasteiger partial charge in [0.05, 0.1) is 11.5 Å². The number of carbonyl (C=O) groups is 2. The maximum Gasteiger partial charge on any atom is 0.305 e. The predicted octanol–water partition coefficient (Wildman–Crippen LogP) is 4.66. The van der Waals surface area contributed by atoms with Gasteiger partial charge in [-0.1, -0.05) is 60.2 Å². The molecule has 1 heterocycles. The second-order valence-corrected chi connectivity index (χ2v) is 7.55. The number of amides is 1. The smallest absolute Gasteiger partial charge is 0.305 e. The number of unbranched alkanes of at least 4 members (excludes halogenated alkanes) is 2. The Balaban J connectivity index is 1.85. The van der Waals surface area contributed by atoms with Crippen LogP contribution in [0.4, 0.5) is 0 Å². The Morgan fingerprint density at radius 2 is 2.08 bits per heavy atom. The first kappa shape index (κ1) is 19.9. The van der Waals surface area contributed by atoms with E-state index in [4.69, 9.17) is 28.6 Å². The van der Waals surface area contributed by atoms with Crippen LogP contribution in [0.1, 0.15) is 38.2 Å². The fraction of sp³-hybridized carbons (Fsp3) is 0.389. The molecule has 7 heteroatoms. The standard InChI is InChI=1S/C18H20ClNO3S2/c1-2-23-16(21)10-4-3-7-11-20-17(22)15(25-18(20)24)12-13-8-5-6-9-14(13)19/h5-6,8-9,12H,2-4,7,10-11H2,1H3/b15-12-. The Kier molecular flexibility index (Phi) is 7.93. The molecular formula is C18H20ClNO3S2. The molecule has 0 aromatic heterocycles. The highest BCUT2D eigenvalue weighted by Gasteiger charge is 2.31. The zero-order valence-electron chi connectivity index (χ0n) is 14.0. The van der Waals surface area contributed by atoms with Crippen molar-refractivity contribution in [3.63, 3.8) is 0 Å². The maximum absolute atomic E-state index is 12.5. The first-order valence-electron chi connectivity index (χ1n) is 8.18. The van der Waals surface area contributed by atoms with Crippen LogP contribution in [0.25, 0.3) is 6.08 Å². The first-order chi connectivity index (χ1) is 12.0. The summed E-state index contributed by atoms with van der Waals surface area (Å²) in [7, 11) is 0. The number of hydrogen-bond acceptors (Lipinski definition) is 5. The van der Waals surface area contributed by atoms with Gasteiger partial charge in [0.2, 0.25) is 0 Å². The molecule has 0 N–H and O–H groups in total. The number of nitrogens with zero attached hydrogens (tertiary/aromatic N) is 1. The van der Waals surface area contributed by atoms with Crippen molar-refractivity contribution in [3.05, 3.63) is 39.8 Å². The van der Waals surface area contributed by atoms with Crippen molar-refractivity contribution in [1.29, 1.82) is 0 Å². The molecule has 1 saturated heterocycles. The van der Waals surface area contributed by atoms with Gasteiger partial charge in [-0.25, -0.2) is 0 Å². The molecule has 0 unspecified atom stereocenters. The molecule has 1 amide bonds. The number of ether oxygens (including phenoxy) is 1. The number of halogens is 1. The topological polar surface area (TPSA) is 46.6 Å². The second-order valence-electron chi connectivity index (χ2n) is 5.47. The van der Waals surface area contributed by atoms with Crippen LogP contribution in [-0.2, 0) is 14.3 Å². The average molecular weight is 398 g/mol. The van der Waals surface area contributed by atoms with Gasteiger partial charge in [-0.3, -0.25) is 14.5 Å². The molecule has 4 nitrogen and oxygen atoms in total. The maximum atomic E-state index is 12.5. The number of benzene rings is 1. The van der Waals surface area contributed by atoms with Crippen molar-refractivity contribution in [2.24, 2.45) is 0 Å². The van der Waals surface area contributed by atoms with Crippen LogP contribution in [0.15, 0.2) is 29.2 Å². The second kappa shape index (κ2) is 9.94. The number of thioether (sulfide) groups is 1. The van der Waals surface area contributed by atoms with E-state index in [2.05, 4.69) is 0 Å². The van der Waals surface area contributed by atoms with E-state index in [0.717, 1.165) is 24.8 Å². The summed E-state index contributed by atoms with van der Waals surface area (Å²) in [5.74, 6) is -0.254. The van der Waals surface area contributed by atoms with Crippen LogP contribution in [0, 0.1) is 0 Å². The third-order valence-electron chi connectivity index (χ3n) is 3.63. The van der Waals surface area contributed by atoms with Crippen molar-refractivity contribution in [2.75, 3.05) is 13.2 Å². The number of thiocarbonyl (C=S) groups is 1. The Labute approximate surface area is 162 Å². The third-order valence-corrected chi connectivity index (χ3v) is 5.36. The molecule has 134 valence electrons. The molecular weight excluding hydrogens is 378 g/mol. The molecule has 0 radical (unpaired) electrons. The lowest BCUT2D eigenvalue weighted by Crippen LogP contribution is -2.29. The SMILES string of the molecule is CCOC(=O)CCCCCN1C(=O)/C(=C/c2ccccc2Cl)SC1=S. The zero-order chi connectivity index (χ0) is 18.2. The summed E-state index contributed by atoms with van der Waals surface area (Å²) in [6.07, 6.45) is 4.59. The quantitative estimate of drug-likeness (QED) is 0.276. The summed E-state index contributed by atoms with van der Waals surface area (Å²) in [5, 5.41) is 0.603. The molecule has 0 atom stereocenters. The number of esters is 1. The van der Waals surface area contributed by atoms with Gasteiger partial charge in [-0.15, -0.1) is 0 Å². The van der Waals surface area contributed by atoms with Gasteiger partial charge in [-0.05, 0) is 37.5 Å². The highest BCUT2D eigenvalue weighted by atomic mass is 35.5. The van der Waals surface area contributed by atoms with Gasteiger partial charge in [0.1, 0.15) is 4.32 Å². The lowest BCUT2D eigenvalue weighted by molar-refractivity contribution is -0.143. The predicted molar refractivity (Wildman–Crippen MR) is 106 cm³/mol. The molecule has 1 aromatic carbocycles. The van der Waals surface area contributed by atoms with Crippen LogP contribution in [0.3, 0.4) is 0 Å². The minimum Gasteiger partial charge on any atom is -0.466 e. The molecule has 2 rings (SSSR count). The summed E-state index contributed by atoms with van der Waals surface area (Å²) in [4.78, 5) is 26.0. The van der Waals surface area contributed by atoms with Crippen LogP contribution >= 0.6 is 35.6 Å². The largest absolute Gasteiger partial charge is 0.466 e. The van der Waals surface area contributed by atoms with E-state index in [1.807, 2.05) is 18.2 Å². The number of carbonyl (C=O) groups excluding carboxylic acids is 2. The fourth-order valence-corrected chi connectivity index (χ4v) is 3.87. The van der Waals surface area contributed by atoms with Gasteiger partial charge in [0, 0.05) is 18.0 Å². The molecule has 1 aromatic rings. The molecule has 1 aliphatic heterocycles. The Hall–Kier alpha value is -1.37. The van der Waals surface area contributed by atoms with Crippen molar-refractivity contribution >= 4 is 57.9 Å². The molecule has 0 saturated carbocycles. The van der Waals surface area contributed by atoms with Crippen molar-refractivity contribution < 1.29 is 14.3 Å². The van der Waals surface area contributed by atoms with Gasteiger partial charge >= 0.3 is 5.97 Å². The Bertz CT molecular complexity index is 691. The Morgan fingerprint density at radius 3 is 2.80 bits per heavy atom. The monoisotopic (exact) mass is 397 g/mol. The molecule has 0 spiro atoms. The van der Waals surface area contributed by atoms with Crippen molar-refractivity contribution in [1.82, 2.24) is 4.90 Å². The normalized spacial score (nSPS) is 15.9.